The Morgan fingerprint density at radius 3 is 2.32 bits per heavy atom. The van der Waals surface area contributed by atoms with E-state index in [1.165, 1.54) is 6.07 Å². The van der Waals surface area contributed by atoms with E-state index >= 15 is 0 Å². The lowest BCUT2D eigenvalue weighted by Crippen LogP contribution is -2.47. The molecule has 0 fully saturated rings. The molecule has 0 aliphatic heterocycles. The minimum Gasteiger partial charge on any atom is -0.340 e. The van der Waals surface area contributed by atoms with E-state index in [2.05, 4.69) is 10.6 Å². The highest BCUT2D eigenvalue weighted by molar-refractivity contribution is 6.01. The summed E-state index contributed by atoms with van der Waals surface area (Å²) in [7, 11) is 0. The summed E-state index contributed by atoms with van der Waals surface area (Å²) in [6.07, 6.45) is 0.658. The predicted octanol–water partition coefficient (Wildman–Crippen LogP) is 3.75. The molecule has 4 nitrogen and oxygen atoms in total. The molecule has 6 heteroatoms. The Morgan fingerprint density at radius 2 is 1.72 bits per heavy atom. The molecule has 132 valence electrons. The van der Waals surface area contributed by atoms with Gasteiger partial charge in [0.25, 0.3) is 5.91 Å². The molecule has 0 radical (unpaired) electrons. The highest BCUT2D eigenvalue weighted by atomic mass is 19.2. The minimum absolute atomic E-state index is 0.131. The van der Waals surface area contributed by atoms with Gasteiger partial charge in [0.05, 0.1) is 0 Å². The summed E-state index contributed by atoms with van der Waals surface area (Å²) in [5.41, 5.74) is 0.572. The predicted molar refractivity (Wildman–Crippen MR) is 92.1 cm³/mol. The topological polar surface area (TPSA) is 58.2 Å². The van der Waals surface area contributed by atoms with Crippen molar-refractivity contribution in [3.8, 4) is 0 Å². The van der Waals surface area contributed by atoms with Crippen LogP contribution in [0.4, 0.5) is 14.5 Å². The summed E-state index contributed by atoms with van der Waals surface area (Å²) in [6, 6.07) is 10.9. The van der Waals surface area contributed by atoms with Gasteiger partial charge in [-0.3, -0.25) is 9.59 Å². The molecule has 25 heavy (non-hydrogen) atoms. The van der Waals surface area contributed by atoms with Gasteiger partial charge in [0.15, 0.2) is 11.6 Å². The van der Waals surface area contributed by atoms with Gasteiger partial charge in [-0.25, -0.2) is 8.78 Å². The van der Waals surface area contributed by atoms with Gasteiger partial charge in [0.2, 0.25) is 5.91 Å². The quantitative estimate of drug-likeness (QED) is 0.837. The average molecular weight is 346 g/mol. The lowest BCUT2D eigenvalue weighted by atomic mass is 9.97. The van der Waals surface area contributed by atoms with Crippen LogP contribution in [0.2, 0.25) is 0 Å². The second-order valence-corrected chi connectivity index (χ2v) is 5.82. The van der Waals surface area contributed by atoms with Crippen LogP contribution >= 0.6 is 0 Å². The van der Waals surface area contributed by atoms with Crippen LogP contribution in [0, 0.1) is 17.6 Å². The SMILES string of the molecule is CC[C@H](C)[C@H](NC(=O)c1ccccc1)C(=O)Nc1ccc(F)c(F)c1. The van der Waals surface area contributed by atoms with Crippen molar-refractivity contribution in [1.82, 2.24) is 5.32 Å². The molecule has 0 spiro atoms. The summed E-state index contributed by atoms with van der Waals surface area (Å²) in [6.45, 7) is 3.73. The Labute approximate surface area is 145 Å². The fourth-order valence-electron chi connectivity index (χ4n) is 2.31. The highest BCUT2D eigenvalue weighted by Crippen LogP contribution is 2.16. The van der Waals surface area contributed by atoms with Crippen molar-refractivity contribution in [1.29, 1.82) is 0 Å². The molecule has 0 aliphatic rings. The first kappa shape index (κ1) is 18.6. The van der Waals surface area contributed by atoms with Crippen LogP contribution in [0.25, 0.3) is 0 Å². The molecule has 0 aromatic heterocycles. The molecule has 0 saturated heterocycles. The number of carbonyl (C=O) groups excluding carboxylic acids is 2. The maximum Gasteiger partial charge on any atom is 0.251 e. The fraction of sp³-hybridized carbons (Fsp3) is 0.263. The Bertz CT molecular complexity index is 750. The number of hydrogen-bond acceptors (Lipinski definition) is 2. The molecular formula is C19H20F2N2O2. The molecular weight excluding hydrogens is 326 g/mol. The molecule has 2 rings (SSSR count). The monoisotopic (exact) mass is 346 g/mol. The van der Waals surface area contributed by atoms with Crippen molar-refractivity contribution in [2.75, 3.05) is 5.32 Å². The molecule has 2 aromatic carbocycles. The number of rotatable bonds is 6. The average Bonchev–Trinajstić information content (AvgIpc) is 2.62. The van der Waals surface area contributed by atoms with Crippen LogP contribution in [0.5, 0.6) is 0 Å². The number of benzene rings is 2. The molecule has 2 aromatic rings. The smallest absolute Gasteiger partial charge is 0.251 e. The maximum absolute atomic E-state index is 13.3. The van der Waals surface area contributed by atoms with Crippen LogP contribution < -0.4 is 10.6 Å². The van der Waals surface area contributed by atoms with Crippen molar-refractivity contribution >= 4 is 17.5 Å². The van der Waals surface area contributed by atoms with Crippen molar-refractivity contribution in [3.63, 3.8) is 0 Å². The maximum atomic E-state index is 13.3. The highest BCUT2D eigenvalue weighted by Gasteiger charge is 2.26. The first-order valence-corrected chi connectivity index (χ1v) is 8.04. The third-order valence-electron chi connectivity index (χ3n) is 4.01. The zero-order valence-corrected chi connectivity index (χ0v) is 14.1. The molecule has 0 saturated carbocycles. The van der Waals surface area contributed by atoms with Crippen LogP contribution in [0.3, 0.4) is 0 Å². The van der Waals surface area contributed by atoms with Gasteiger partial charge < -0.3 is 10.6 Å². The Balaban J connectivity index is 2.14. The second kappa shape index (κ2) is 8.37. The zero-order chi connectivity index (χ0) is 18.4. The van der Waals surface area contributed by atoms with E-state index in [1.54, 1.807) is 30.3 Å². The summed E-state index contributed by atoms with van der Waals surface area (Å²) in [4.78, 5) is 24.9. The number of nitrogens with one attached hydrogen (secondary N) is 2. The van der Waals surface area contributed by atoms with Crippen LogP contribution in [0.15, 0.2) is 48.5 Å². The summed E-state index contributed by atoms with van der Waals surface area (Å²) < 4.78 is 26.3. The van der Waals surface area contributed by atoms with Crippen LogP contribution in [-0.4, -0.2) is 17.9 Å². The van der Waals surface area contributed by atoms with E-state index in [0.717, 1.165) is 12.1 Å². The number of halogens is 2. The zero-order valence-electron chi connectivity index (χ0n) is 14.1. The van der Waals surface area contributed by atoms with Crippen molar-refractivity contribution in [2.45, 2.75) is 26.3 Å². The molecule has 0 bridgehead atoms. The van der Waals surface area contributed by atoms with Gasteiger partial charge in [0, 0.05) is 17.3 Å². The van der Waals surface area contributed by atoms with Gasteiger partial charge in [-0.1, -0.05) is 38.5 Å². The molecule has 0 aliphatic carbocycles. The molecule has 2 amide bonds. The number of carbonyl (C=O) groups is 2. The summed E-state index contributed by atoms with van der Waals surface area (Å²) in [5, 5.41) is 5.23. The van der Waals surface area contributed by atoms with Crippen molar-refractivity contribution in [3.05, 3.63) is 65.7 Å². The Hall–Kier alpha value is -2.76. The van der Waals surface area contributed by atoms with E-state index in [9.17, 15) is 18.4 Å². The fourth-order valence-corrected chi connectivity index (χ4v) is 2.31. The molecule has 0 heterocycles. The third kappa shape index (κ3) is 4.86. The lowest BCUT2D eigenvalue weighted by molar-refractivity contribution is -0.119. The molecule has 0 unspecified atom stereocenters. The number of hydrogen-bond donors (Lipinski definition) is 2. The summed E-state index contributed by atoms with van der Waals surface area (Å²) >= 11 is 0. The van der Waals surface area contributed by atoms with Crippen LogP contribution in [0.1, 0.15) is 30.6 Å². The van der Waals surface area contributed by atoms with Crippen LogP contribution in [-0.2, 0) is 4.79 Å². The lowest BCUT2D eigenvalue weighted by Gasteiger charge is -2.23. The van der Waals surface area contributed by atoms with Gasteiger partial charge >= 0.3 is 0 Å². The Kier molecular flexibility index (Phi) is 6.22. The van der Waals surface area contributed by atoms with E-state index in [-0.39, 0.29) is 17.5 Å². The Morgan fingerprint density at radius 1 is 1.04 bits per heavy atom. The van der Waals surface area contributed by atoms with E-state index < -0.39 is 23.6 Å². The normalized spacial score (nSPS) is 13.0. The van der Waals surface area contributed by atoms with E-state index in [1.807, 2.05) is 13.8 Å². The first-order chi connectivity index (χ1) is 11.9. The standard InChI is InChI=1S/C19H20F2N2O2/c1-3-12(2)17(23-18(24)13-7-5-4-6-8-13)19(25)22-14-9-10-15(20)16(21)11-14/h4-12,17H,3H2,1-2H3,(H,22,25)(H,23,24)/t12-,17-/m0/s1. The van der Waals surface area contributed by atoms with Gasteiger partial charge in [-0.15, -0.1) is 0 Å². The van der Waals surface area contributed by atoms with Crippen molar-refractivity contribution in [2.24, 2.45) is 5.92 Å². The largest absolute Gasteiger partial charge is 0.340 e. The van der Waals surface area contributed by atoms with Gasteiger partial charge in [-0.05, 0) is 30.2 Å². The molecule has 2 N–H and O–H groups in total. The second-order valence-electron chi connectivity index (χ2n) is 5.82. The first-order valence-electron chi connectivity index (χ1n) is 8.04. The third-order valence-corrected chi connectivity index (χ3v) is 4.01. The van der Waals surface area contributed by atoms with Gasteiger partial charge in [-0.2, -0.15) is 0 Å². The van der Waals surface area contributed by atoms with Gasteiger partial charge in [0.1, 0.15) is 6.04 Å². The molecule has 2 atom stereocenters. The van der Waals surface area contributed by atoms with E-state index in [0.29, 0.717) is 12.0 Å². The number of amides is 2. The minimum atomic E-state index is -1.05. The summed E-state index contributed by atoms with van der Waals surface area (Å²) in [5.74, 6) is -3.03. The van der Waals surface area contributed by atoms with E-state index in [4.69, 9.17) is 0 Å². The number of anilines is 1. The van der Waals surface area contributed by atoms with Crippen molar-refractivity contribution < 1.29 is 18.4 Å².